The molecule has 3 heterocycles. The summed E-state index contributed by atoms with van der Waals surface area (Å²) in [4.78, 5) is 15.5. The van der Waals surface area contributed by atoms with Crippen LogP contribution in [0.2, 0.25) is 0 Å². The van der Waals surface area contributed by atoms with Crippen LogP contribution in [-0.2, 0) is 0 Å². The lowest BCUT2D eigenvalue weighted by molar-refractivity contribution is 0.494. The van der Waals surface area contributed by atoms with Crippen LogP contribution >= 0.6 is 0 Å². The molecule has 0 saturated carbocycles. The molecule has 0 amide bonds. The number of furan rings is 1. The van der Waals surface area contributed by atoms with Crippen molar-refractivity contribution < 1.29 is 9.15 Å². The van der Waals surface area contributed by atoms with Crippen molar-refractivity contribution in [1.82, 2.24) is 15.0 Å². The molecule has 0 fully saturated rings. The zero-order valence-electron chi connectivity index (χ0n) is 26.6. The minimum Gasteiger partial charge on any atom is -0.456 e. The lowest BCUT2D eigenvalue weighted by Crippen LogP contribution is -2.03. The van der Waals surface area contributed by atoms with Gasteiger partial charge in [-0.05, 0) is 51.6 Å². The molecule has 1 aliphatic heterocycles. The summed E-state index contributed by atoms with van der Waals surface area (Å²) in [5, 5.41) is 8.84. The molecule has 5 nitrogen and oxygen atoms in total. The van der Waals surface area contributed by atoms with Gasteiger partial charge in [-0.25, -0.2) is 15.0 Å². The standard InChI is InChI=1S/C45H25N3O2/c1-3-10-26(11-4-1)31-15-8-18-35-40(31)41-32(16-9-19-36(41)49-35)44-46-43(30-12-5-2-6-13-30)47-45(48-44)33-25-24-29-23-22-28-21-20-27-14-7-17-34-37(27)38(28)39(29)42(33)50-34/h1-25H. The maximum Gasteiger partial charge on any atom is 0.167 e. The molecule has 0 radical (unpaired) electrons. The first kappa shape index (κ1) is 27.1. The molecule has 0 bridgehead atoms. The van der Waals surface area contributed by atoms with Gasteiger partial charge in [0.05, 0.1) is 5.56 Å². The van der Waals surface area contributed by atoms with Crippen molar-refractivity contribution in [2.75, 3.05) is 0 Å². The first-order chi connectivity index (χ1) is 24.8. The number of aromatic nitrogens is 3. The van der Waals surface area contributed by atoms with Crippen LogP contribution in [0, 0.1) is 0 Å². The summed E-state index contributed by atoms with van der Waals surface area (Å²) in [6, 6.07) is 52.0. The average Bonchev–Trinajstić information content (AvgIpc) is 3.58. The quantitative estimate of drug-likeness (QED) is 0.179. The Morgan fingerprint density at radius 1 is 0.340 bits per heavy atom. The second kappa shape index (κ2) is 10.3. The van der Waals surface area contributed by atoms with Crippen LogP contribution in [0.3, 0.4) is 0 Å². The molecule has 50 heavy (non-hydrogen) atoms. The second-order valence-corrected chi connectivity index (χ2v) is 12.7. The normalized spacial score (nSPS) is 12.2. The molecule has 10 aromatic rings. The number of nitrogens with zero attached hydrogens (tertiary/aromatic N) is 3. The van der Waals surface area contributed by atoms with Crippen LogP contribution in [0.5, 0.6) is 11.5 Å². The van der Waals surface area contributed by atoms with Gasteiger partial charge in [-0.1, -0.05) is 127 Å². The first-order valence-corrected chi connectivity index (χ1v) is 16.7. The van der Waals surface area contributed by atoms with Gasteiger partial charge in [0.15, 0.2) is 17.5 Å². The maximum absolute atomic E-state index is 6.83. The van der Waals surface area contributed by atoms with Gasteiger partial charge in [0.25, 0.3) is 0 Å². The Morgan fingerprint density at radius 3 is 1.64 bits per heavy atom. The van der Waals surface area contributed by atoms with Gasteiger partial charge in [0, 0.05) is 38.1 Å². The smallest absolute Gasteiger partial charge is 0.167 e. The molecule has 8 aromatic carbocycles. The van der Waals surface area contributed by atoms with Crippen LogP contribution in [0.1, 0.15) is 0 Å². The largest absolute Gasteiger partial charge is 0.456 e. The highest BCUT2D eigenvalue weighted by Crippen LogP contribution is 2.50. The van der Waals surface area contributed by atoms with E-state index in [1.54, 1.807) is 0 Å². The third kappa shape index (κ3) is 3.92. The number of fused-ring (bicyclic) bond motifs is 3. The van der Waals surface area contributed by atoms with Gasteiger partial charge in [-0.2, -0.15) is 0 Å². The Kier molecular flexibility index (Phi) is 5.60. The Hall–Kier alpha value is -6.85. The highest BCUT2D eigenvalue weighted by molar-refractivity contribution is 6.26. The molecule has 0 spiro atoms. The topological polar surface area (TPSA) is 61.0 Å². The van der Waals surface area contributed by atoms with Crippen LogP contribution in [0.4, 0.5) is 0 Å². The molecule has 232 valence electrons. The zero-order valence-corrected chi connectivity index (χ0v) is 26.6. The number of hydrogen-bond acceptors (Lipinski definition) is 5. The van der Waals surface area contributed by atoms with Crippen LogP contribution < -0.4 is 4.74 Å². The molecule has 0 atom stereocenters. The average molecular weight is 640 g/mol. The van der Waals surface area contributed by atoms with Crippen LogP contribution in [0.15, 0.2) is 156 Å². The summed E-state index contributed by atoms with van der Waals surface area (Å²) >= 11 is 0. The predicted molar refractivity (Wildman–Crippen MR) is 201 cm³/mol. The summed E-state index contributed by atoms with van der Waals surface area (Å²) in [6.45, 7) is 0. The lowest BCUT2D eigenvalue weighted by atomic mass is 9.92. The number of hydrogen-bond donors (Lipinski definition) is 0. The molecular weight excluding hydrogens is 615 g/mol. The van der Waals surface area contributed by atoms with Crippen molar-refractivity contribution in [1.29, 1.82) is 0 Å². The van der Waals surface area contributed by atoms with Crippen molar-refractivity contribution in [3.63, 3.8) is 0 Å². The molecule has 5 heteroatoms. The number of benzene rings is 8. The van der Waals surface area contributed by atoms with Crippen molar-refractivity contribution in [3.05, 3.63) is 152 Å². The summed E-state index contributed by atoms with van der Waals surface area (Å²) in [5.41, 5.74) is 6.39. The van der Waals surface area contributed by atoms with Gasteiger partial charge < -0.3 is 9.15 Å². The van der Waals surface area contributed by atoms with E-state index in [2.05, 4.69) is 78.9 Å². The Bertz CT molecular complexity index is 3000. The minimum absolute atomic E-state index is 0.544. The Balaban J connectivity index is 1.22. The Labute approximate surface area is 286 Å². The summed E-state index contributed by atoms with van der Waals surface area (Å²) in [6.07, 6.45) is 0. The molecular formula is C45H25N3O2. The molecule has 2 aromatic heterocycles. The third-order valence-corrected chi connectivity index (χ3v) is 9.89. The predicted octanol–water partition coefficient (Wildman–Crippen LogP) is 12.0. The third-order valence-electron chi connectivity index (χ3n) is 9.89. The fourth-order valence-corrected chi connectivity index (χ4v) is 7.67. The Morgan fingerprint density at radius 2 is 0.900 bits per heavy atom. The molecule has 0 unspecified atom stereocenters. The van der Waals surface area contributed by atoms with E-state index in [1.807, 2.05) is 72.8 Å². The van der Waals surface area contributed by atoms with E-state index in [1.165, 1.54) is 10.8 Å². The summed E-state index contributed by atoms with van der Waals surface area (Å²) in [7, 11) is 0. The monoisotopic (exact) mass is 639 g/mol. The molecule has 0 aliphatic carbocycles. The van der Waals surface area contributed by atoms with Gasteiger partial charge >= 0.3 is 0 Å². The van der Waals surface area contributed by atoms with E-state index in [0.717, 1.165) is 82.8 Å². The fraction of sp³-hybridized carbons (Fsp3) is 0. The van der Waals surface area contributed by atoms with E-state index < -0.39 is 0 Å². The SMILES string of the molecule is c1ccc(-c2nc(-c3ccc4ccc5ccc6cccc7c6c5c4c3O7)nc(-c3cccc4oc5cccc(-c6ccccc6)c5c34)n2)cc1. The summed E-state index contributed by atoms with van der Waals surface area (Å²) < 4.78 is 13.3. The van der Waals surface area contributed by atoms with E-state index in [4.69, 9.17) is 24.1 Å². The van der Waals surface area contributed by atoms with Gasteiger partial charge in [-0.15, -0.1) is 0 Å². The van der Waals surface area contributed by atoms with Crippen molar-refractivity contribution in [2.45, 2.75) is 0 Å². The van der Waals surface area contributed by atoms with Gasteiger partial charge in [0.1, 0.15) is 22.7 Å². The highest BCUT2D eigenvalue weighted by atomic mass is 16.5. The van der Waals surface area contributed by atoms with Crippen LogP contribution in [-0.4, -0.2) is 15.0 Å². The number of ether oxygens (including phenoxy) is 1. The molecule has 11 rings (SSSR count). The summed E-state index contributed by atoms with van der Waals surface area (Å²) in [5.74, 6) is 3.29. The molecule has 1 aliphatic rings. The minimum atomic E-state index is 0.544. The maximum atomic E-state index is 6.83. The lowest BCUT2D eigenvalue weighted by Gasteiger charge is -2.22. The van der Waals surface area contributed by atoms with E-state index in [0.29, 0.717) is 17.5 Å². The number of rotatable bonds is 4. The van der Waals surface area contributed by atoms with Crippen molar-refractivity contribution in [2.24, 2.45) is 0 Å². The first-order valence-electron chi connectivity index (χ1n) is 16.7. The van der Waals surface area contributed by atoms with E-state index >= 15 is 0 Å². The molecule has 0 N–H and O–H groups in total. The van der Waals surface area contributed by atoms with Gasteiger partial charge in [-0.3, -0.25) is 0 Å². The van der Waals surface area contributed by atoms with E-state index in [-0.39, 0.29) is 0 Å². The van der Waals surface area contributed by atoms with Crippen molar-refractivity contribution >= 4 is 54.3 Å². The van der Waals surface area contributed by atoms with E-state index in [9.17, 15) is 0 Å². The zero-order chi connectivity index (χ0) is 32.8. The highest BCUT2D eigenvalue weighted by Gasteiger charge is 2.25. The molecule has 0 saturated heterocycles. The van der Waals surface area contributed by atoms with Gasteiger partial charge in [0.2, 0.25) is 0 Å². The fourth-order valence-electron chi connectivity index (χ4n) is 7.67. The van der Waals surface area contributed by atoms with Crippen molar-refractivity contribution in [3.8, 4) is 56.8 Å². The second-order valence-electron chi connectivity index (χ2n) is 12.7. The van der Waals surface area contributed by atoms with Crippen LogP contribution in [0.25, 0.3) is 99.5 Å².